The Kier molecular flexibility index (Phi) is 2.35. The molecule has 0 aromatic heterocycles. The van der Waals surface area contributed by atoms with Crippen LogP contribution in [0.3, 0.4) is 0 Å². The Morgan fingerprint density at radius 2 is 2.00 bits per heavy atom. The molecule has 1 atom stereocenters. The zero-order chi connectivity index (χ0) is 7.61. The topological polar surface area (TPSA) is 20.2 Å². The first-order valence-electron chi connectivity index (χ1n) is 4.28. The van der Waals surface area contributed by atoms with E-state index in [9.17, 15) is 5.11 Å². The maximum absolute atomic E-state index is 9.42. The summed E-state index contributed by atoms with van der Waals surface area (Å²) in [6, 6.07) is 0. The number of hydrogen-bond donors (Lipinski definition) is 1. The van der Waals surface area contributed by atoms with E-state index in [1.807, 2.05) is 0 Å². The molecule has 0 heterocycles. The third-order valence-electron chi connectivity index (χ3n) is 2.43. The fourth-order valence-electron chi connectivity index (χ4n) is 1.83. The van der Waals surface area contributed by atoms with Crippen LogP contribution in [0.15, 0.2) is 0 Å². The van der Waals surface area contributed by atoms with Crippen molar-refractivity contribution in [2.75, 3.05) is 0 Å². The molecule has 0 saturated heterocycles. The monoisotopic (exact) mass is 142 g/mol. The predicted octanol–water partition coefficient (Wildman–Crippen LogP) is 2.34. The summed E-state index contributed by atoms with van der Waals surface area (Å²) in [5, 5.41) is 9.42. The van der Waals surface area contributed by atoms with E-state index in [4.69, 9.17) is 0 Å². The first-order valence-corrected chi connectivity index (χ1v) is 4.28. The average Bonchev–Trinajstić information content (AvgIpc) is 1.90. The zero-order valence-corrected chi connectivity index (χ0v) is 7.06. The van der Waals surface area contributed by atoms with Crippen LogP contribution in [0.4, 0.5) is 0 Å². The molecular formula is C9H18O. The molecule has 60 valence electrons. The van der Waals surface area contributed by atoms with Crippen LogP contribution in [0.25, 0.3) is 0 Å². The van der Waals surface area contributed by atoms with E-state index in [-0.39, 0.29) is 6.10 Å². The lowest BCUT2D eigenvalue weighted by molar-refractivity contribution is 0.117. The highest BCUT2D eigenvalue weighted by atomic mass is 16.3. The summed E-state index contributed by atoms with van der Waals surface area (Å²) < 4.78 is 0. The van der Waals surface area contributed by atoms with Gasteiger partial charge >= 0.3 is 0 Å². The van der Waals surface area contributed by atoms with Crippen molar-refractivity contribution in [3.63, 3.8) is 0 Å². The van der Waals surface area contributed by atoms with Crippen LogP contribution < -0.4 is 0 Å². The summed E-state index contributed by atoms with van der Waals surface area (Å²) in [7, 11) is 0. The Hall–Kier alpha value is -0.0400. The van der Waals surface area contributed by atoms with Gasteiger partial charge in [0.1, 0.15) is 0 Å². The highest BCUT2D eigenvalue weighted by Crippen LogP contribution is 2.33. The van der Waals surface area contributed by atoms with E-state index in [1.165, 1.54) is 19.3 Å². The molecule has 1 aliphatic carbocycles. The van der Waals surface area contributed by atoms with Gasteiger partial charge in [-0.15, -0.1) is 0 Å². The van der Waals surface area contributed by atoms with Gasteiger partial charge < -0.3 is 5.11 Å². The third-order valence-corrected chi connectivity index (χ3v) is 2.43. The standard InChI is InChI=1S/C9H18O/c1-9(2)6-4-3-5-8(10)7-9/h8,10H,3-7H2,1-2H3. The average molecular weight is 142 g/mol. The van der Waals surface area contributed by atoms with Crippen molar-refractivity contribution < 1.29 is 5.11 Å². The van der Waals surface area contributed by atoms with Crippen molar-refractivity contribution in [1.29, 1.82) is 0 Å². The Balaban J connectivity index is 2.46. The highest BCUT2D eigenvalue weighted by Gasteiger charge is 2.24. The van der Waals surface area contributed by atoms with Crippen molar-refractivity contribution in [2.24, 2.45) is 5.41 Å². The molecule has 1 heteroatoms. The van der Waals surface area contributed by atoms with Crippen LogP contribution in [0.5, 0.6) is 0 Å². The Labute approximate surface area is 63.4 Å². The van der Waals surface area contributed by atoms with E-state index in [0.717, 1.165) is 12.8 Å². The Morgan fingerprint density at radius 3 is 2.70 bits per heavy atom. The minimum absolute atomic E-state index is 0.0301. The summed E-state index contributed by atoms with van der Waals surface area (Å²) in [6.07, 6.45) is 5.77. The van der Waals surface area contributed by atoms with Gasteiger partial charge in [0.15, 0.2) is 0 Å². The van der Waals surface area contributed by atoms with Gasteiger partial charge in [-0.1, -0.05) is 26.7 Å². The molecular weight excluding hydrogens is 124 g/mol. The van der Waals surface area contributed by atoms with Crippen molar-refractivity contribution in [2.45, 2.75) is 52.1 Å². The highest BCUT2D eigenvalue weighted by molar-refractivity contribution is 4.76. The van der Waals surface area contributed by atoms with Gasteiger partial charge in [0, 0.05) is 0 Å². The molecule has 1 rings (SSSR count). The Bertz CT molecular complexity index is 107. The maximum atomic E-state index is 9.42. The number of hydrogen-bond acceptors (Lipinski definition) is 1. The minimum Gasteiger partial charge on any atom is -0.393 e. The second-order valence-corrected chi connectivity index (χ2v) is 4.27. The van der Waals surface area contributed by atoms with Crippen LogP contribution in [0, 0.1) is 5.41 Å². The molecule has 1 aliphatic rings. The van der Waals surface area contributed by atoms with E-state index in [2.05, 4.69) is 13.8 Å². The van der Waals surface area contributed by atoms with Crippen LogP contribution >= 0.6 is 0 Å². The lowest BCUT2D eigenvalue weighted by Gasteiger charge is -2.23. The second kappa shape index (κ2) is 2.91. The van der Waals surface area contributed by atoms with Gasteiger partial charge in [-0.2, -0.15) is 0 Å². The fourth-order valence-corrected chi connectivity index (χ4v) is 1.83. The maximum Gasteiger partial charge on any atom is 0.0545 e. The molecule has 0 aliphatic heterocycles. The lowest BCUT2D eigenvalue weighted by Crippen LogP contribution is -2.17. The molecule has 0 spiro atoms. The summed E-state index contributed by atoms with van der Waals surface area (Å²) >= 11 is 0. The second-order valence-electron chi connectivity index (χ2n) is 4.27. The van der Waals surface area contributed by atoms with Gasteiger partial charge in [-0.05, 0) is 24.7 Å². The van der Waals surface area contributed by atoms with Crippen molar-refractivity contribution >= 4 is 0 Å². The van der Waals surface area contributed by atoms with E-state index in [0.29, 0.717) is 5.41 Å². The molecule has 1 fully saturated rings. The van der Waals surface area contributed by atoms with Crippen LogP contribution in [0.1, 0.15) is 46.0 Å². The van der Waals surface area contributed by atoms with Gasteiger partial charge in [-0.25, -0.2) is 0 Å². The lowest BCUT2D eigenvalue weighted by atomic mass is 9.84. The normalized spacial score (nSPS) is 33.3. The van der Waals surface area contributed by atoms with Gasteiger partial charge in [0.05, 0.1) is 6.10 Å². The number of aliphatic hydroxyl groups is 1. The smallest absolute Gasteiger partial charge is 0.0545 e. The van der Waals surface area contributed by atoms with Gasteiger partial charge in [0.25, 0.3) is 0 Å². The fraction of sp³-hybridized carbons (Fsp3) is 1.00. The van der Waals surface area contributed by atoms with Crippen molar-refractivity contribution in [1.82, 2.24) is 0 Å². The van der Waals surface area contributed by atoms with Crippen LogP contribution in [0.2, 0.25) is 0 Å². The molecule has 10 heavy (non-hydrogen) atoms. The summed E-state index contributed by atoms with van der Waals surface area (Å²) in [4.78, 5) is 0. The summed E-state index contributed by atoms with van der Waals surface area (Å²) in [6.45, 7) is 4.50. The molecule has 0 bridgehead atoms. The molecule has 1 unspecified atom stereocenters. The van der Waals surface area contributed by atoms with Crippen LogP contribution in [-0.2, 0) is 0 Å². The number of rotatable bonds is 0. The minimum atomic E-state index is -0.0301. The molecule has 1 nitrogen and oxygen atoms in total. The first kappa shape index (κ1) is 8.06. The zero-order valence-electron chi connectivity index (χ0n) is 7.06. The van der Waals surface area contributed by atoms with Crippen molar-refractivity contribution in [3.8, 4) is 0 Å². The quantitative estimate of drug-likeness (QED) is 0.515. The largest absolute Gasteiger partial charge is 0.393 e. The van der Waals surface area contributed by atoms with Gasteiger partial charge in [0.2, 0.25) is 0 Å². The molecule has 1 saturated carbocycles. The predicted molar refractivity (Wildman–Crippen MR) is 42.9 cm³/mol. The van der Waals surface area contributed by atoms with E-state index < -0.39 is 0 Å². The molecule has 0 aromatic rings. The van der Waals surface area contributed by atoms with Crippen LogP contribution in [-0.4, -0.2) is 11.2 Å². The van der Waals surface area contributed by atoms with E-state index >= 15 is 0 Å². The van der Waals surface area contributed by atoms with Crippen molar-refractivity contribution in [3.05, 3.63) is 0 Å². The van der Waals surface area contributed by atoms with E-state index in [1.54, 1.807) is 0 Å². The molecule has 0 amide bonds. The first-order chi connectivity index (χ1) is 4.60. The molecule has 1 N–H and O–H groups in total. The number of aliphatic hydroxyl groups excluding tert-OH is 1. The summed E-state index contributed by atoms with van der Waals surface area (Å²) in [5.74, 6) is 0. The Morgan fingerprint density at radius 1 is 1.30 bits per heavy atom. The SMILES string of the molecule is CC1(C)CCCCC(O)C1. The molecule has 0 radical (unpaired) electrons. The third kappa shape index (κ3) is 2.30. The summed E-state index contributed by atoms with van der Waals surface area (Å²) in [5.41, 5.74) is 0.385. The van der Waals surface area contributed by atoms with Gasteiger partial charge in [-0.3, -0.25) is 0 Å². The molecule has 0 aromatic carbocycles.